The van der Waals surface area contributed by atoms with E-state index in [2.05, 4.69) is 11.9 Å². The Kier molecular flexibility index (Phi) is 5.67. The van der Waals surface area contributed by atoms with Crippen LogP contribution in [0.4, 0.5) is 0 Å². The van der Waals surface area contributed by atoms with Gasteiger partial charge in [-0.2, -0.15) is 0 Å². The van der Waals surface area contributed by atoms with Crippen LogP contribution in [0.25, 0.3) is 0 Å². The molecule has 0 radical (unpaired) electrons. The lowest BCUT2D eigenvalue weighted by molar-refractivity contribution is 0.215. The van der Waals surface area contributed by atoms with Crippen molar-refractivity contribution >= 4 is 0 Å². The number of benzene rings is 1. The summed E-state index contributed by atoms with van der Waals surface area (Å²) in [5.74, 6) is 1.84. The molecule has 1 fully saturated rings. The van der Waals surface area contributed by atoms with E-state index in [1.165, 1.54) is 32.2 Å². The third-order valence-corrected chi connectivity index (χ3v) is 3.92. The highest BCUT2D eigenvalue weighted by molar-refractivity contribution is 5.28. The molecule has 1 aromatic rings. The maximum atomic E-state index is 5.79. The van der Waals surface area contributed by atoms with Crippen LogP contribution in [-0.2, 0) is 6.54 Å². The molecule has 0 spiro atoms. The molecule has 0 saturated heterocycles. The molecule has 2 rings (SSSR count). The van der Waals surface area contributed by atoms with Crippen LogP contribution in [0.2, 0.25) is 0 Å². The first-order valence-corrected chi connectivity index (χ1v) is 7.38. The molecule has 1 aliphatic rings. The van der Waals surface area contributed by atoms with Crippen molar-refractivity contribution < 1.29 is 4.74 Å². The normalized spacial score (nSPS) is 16.2. The maximum absolute atomic E-state index is 5.79. The highest BCUT2D eigenvalue weighted by Crippen LogP contribution is 2.25. The second-order valence-corrected chi connectivity index (χ2v) is 5.61. The highest BCUT2D eigenvalue weighted by Gasteiger charge is 2.16. The summed E-state index contributed by atoms with van der Waals surface area (Å²) in [6, 6.07) is 8.05. The molecule has 0 heterocycles. The van der Waals surface area contributed by atoms with Gasteiger partial charge in [-0.1, -0.05) is 25.0 Å². The van der Waals surface area contributed by atoms with Gasteiger partial charge in [0.25, 0.3) is 0 Å². The van der Waals surface area contributed by atoms with Gasteiger partial charge in [-0.3, -0.25) is 0 Å². The van der Waals surface area contributed by atoms with E-state index in [4.69, 9.17) is 10.5 Å². The second kappa shape index (κ2) is 7.51. The zero-order valence-corrected chi connectivity index (χ0v) is 12.0. The molecule has 3 heteroatoms. The SMILES string of the molecule is CN(CCOc1cccc(CN)c1)CC1CCCC1. The highest BCUT2D eigenvalue weighted by atomic mass is 16.5. The van der Waals surface area contributed by atoms with Crippen LogP contribution in [0.5, 0.6) is 5.75 Å². The first-order chi connectivity index (χ1) is 9.28. The van der Waals surface area contributed by atoms with Gasteiger partial charge in [0.1, 0.15) is 12.4 Å². The summed E-state index contributed by atoms with van der Waals surface area (Å²) in [4.78, 5) is 2.39. The maximum Gasteiger partial charge on any atom is 0.119 e. The Bertz CT molecular complexity index is 375. The quantitative estimate of drug-likeness (QED) is 0.821. The topological polar surface area (TPSA) is 38.5 Å². The van der Waals surface area contributed by atoms with Crippen LogP contribution < -0.4 is 10.5 Å². The van der Waals surface area contributed by atoms with Crippen LogP contribution in [0.3, 0.4) is 0 Å². The van der Waals surface area contributed by atoms with E-state index < -0.39 is 0 Å². The first-order valence-electron chi connectivity index (χ1n) is 7.38. The molecule has 1 aromatic carbocycles. The summed E-state index contributed by atoms with van der Waals surface area (Å²) < 4.78 is 5.79. The number of hydrogen-bond acceptors (Lipinski definition) is 3. The lowest BCUT2D eigenvalue weighted by Crippen LogP contribution is -2.28. The number of rotatable bonds is 7. The third kappa shape index (κ3) is 4.84. The zero-order valence-electron chi connectivity index (χ0n) is 12.0. The molecule has 19 heavy (non-hydrogen) atoms. The lowest BCUT2D eigenvalue weighted by atomic mass is 10.1. The molecule has 3 nitrogen and oxygen atoms in total. The molecule has 0 bridgehead atoms. The minimum absolute atomic E-state index is 0.568. The Hall–Kier alpha value is -1.06. The second-order valence-electron chi connectivity index (χ2n) is 5.61. The van der Waals surface area contributed by atoms with Crippen molar-refractivity contribution in [1.82, 2.24) is 4.90 Å². The van der Waals surface area contributed by atoms with E-state index in [1.54, 1.807) is 0 Å². The Morgan fingerprint density at radius 2 is 2.11 bits per heavy atom. The van der Waals surface area contributed by atoms with E-state index in [-0.39, 0.29) is 0 Å². The Morgan fingerprint density at radius 3 is 2.84 bits per heavy atom. The fourth-order valence-corrected chi connectivity index (χ4v) is 2.81. The van der Waals surface area contributed by atoms with Gasteiger partial charge in [-0.15, -0.1) is 0 Å². The molecular weight excluding hydrogens is 236 g/mol. The van der Waals surface area contributed by atoms with Crippen molar-refractivity contribution in [2.75, 3.05) is 26.7 Å². The number of likely N-dealkylation sites (N-methyl/N-ethyl adjacent to an activating group) is 1. The van der Waals surface area contributed by atoms with Gasteiger partial charge in [-0.05, 0) is 43.5 Å². The molecule has 1 aliphatic carbocycles. The average molecular weight is 262 g/mol. The Balaban J connectivity index is 1.67. The molecule has 0 amide bonds. The summed E-state index contributed by atoms with van der Waals surface area (Å²) in [6.45, 7) is 3.52. The minimum Gasteiger partial charge on any atom is -0.492 e. The summed E-state index contributed by atoms with van der Waals surface area (Å²) >= 11 is 0. The van der Waals surface area contributed by atoms with E-state index in [0.29, 0.717) is 6.54 Å². The first kappa shape index (κ1) is 14.4. The van der Waals surface area contributed by atoms with Crippen LogP contribution in [0.15, 0.2) is 24.3 Å². The van der Waals surface area contributed by atoms with Gasteiger partial charge >= 0.3 is 0 Å². The summed E-state index contributed by atoms with van der Waals surface area (Å²) in [5, 5.41) is 0. The van der Waals surface area contributed by atoms with Crippen molar-refractivity contribution in [2.24, 2.45) is 11.7 Å². The molecular formula is C16H26N2O. The molecule has 0 aliphatic heterocycles. The van der Waals surface area contributed by atoms with Gasteiger partial charge in [-0.25, -0.2) is 0 Å². The fourth-order valence-electron chi connectivity index (χ4n) is 2.81. The van der Waals surface area contributed by atoms with Crippen molar-refractivity contribution in [3.63, 3.8) is 0 Å². The lowest BCUT2D eigenvalue weighted by Gasteiger charge is -2.20. The summed E-state index contributed by atoms with van der Waals surface area (Å²) in [6.07, 6.45) is 5.65. The zero-order chi connectivity index (χ0) is 13.5. The van der Waals surface area contributed by atoms with Crippen molar-refractivity contribution in [2.45, 2.75) is 32.2 Å². The molecule has 0 unspecified atom stereocenters. The Morgan fingerprint density at radius 1 is 1.32 bits per heavy atom. The van der Waals surface area contributed by atoms with Crippen molar-refractivity contribution in [3.05, 3.63) is 29.8 Å². The van der Waals surface area contributed by atoms with Crippen LogP contribution in [0.1, 0.15) is 31.2 Å². The van der Waals surface area contributed by atoms with Crippen LogP contribution in [-0.4, -0.2) is 31.6 Å². The van der Waals surface area contributed by atoms with Crippen LogP contribution in [0, 0.1) is 5.92 Å². The number of nitrogens with two attached hydrogens (primary N) is 1. The largest absolute Gasteiger partial charge is 0.492 e. The number of hydrogen-bond donors (Lipinski definition) is 1. The van der Waals surface area contributed by atoms with Crippen molar-refractivity contribution in [1.29, 1.82) is 0 Å². The van der Waals surface area contributed by atoms with Gasteiger partial charge in [0.2, 0.25) is 0 Å². The standard InChI is InChI=1S/C16H26N2O/c1-18(13-14-5-2-3-6-14)9-10-19-16-8-4-7-15(11-16)12-17/h4,7-8,11,14H,2-3,5-6,9-10,12-13,17H2,1H3. The molecule has 0 atom stereocenters. The van der Waals surface area contributed by atoms with E-state index >= 15 is 0 Å². The molecule has 0 aromatic heterocycles. The Labute approximate surface area is 116 Å². The molecule has 106 valence electrons. The summed E-state index contributed by atoms with van der Waals surface area (Å²) in [7, 11) is 2.19. The minimum atomic E-state index is 0.568. The van der Waals surface area contributed by atoms with Crippen molar-refractivity contribution in [3.8, 4) is 5.75 Å². The van der Waals surface area contributed by atoms with Gasteiger partial charge < -0.3 is 15.4 Å². The molecule has 2 N–H and O–H groups in total. The van der Waals surface area contributed by atoms with Crippen LogP contribution >= 0.6 is 0 Å². The number of ether oxygens (including phenoxy) is 1. The average Bonchev–Trinajstić information content (AvgIpc) is 2.92. The van der Waals surface area contributed by atoms with Gasteiger partial charge in [0.15, 0.2) is 0 Å². The van der Waals surface area contributed by atoms with E-state index in [0.717, 1.165) is 30.4 Å². The van der Waals surface area contributed by atoms with E-state index in [1.807, 2.05) is 24.3 Å². The smallest absolute Gasteiger partial charge is 0.119 e. The number of nitrogens with zero attached hydrogens (tertiary/aromatic N) is 1. The van der Waals surface area contributed by atoms with E-state index in [9.17, 15) is 0 Å². The summed E-state index contributed by atoms with van der Waals surface area (Å²) in [5.41, 5.74) is 6.75. The van der Waals surface area contributed by atoms with Gasteiger partial charge in [0, 0.05) is 19.6 Å². The monoisotopic (exact) mass is 262 g/mol. The predicted molar refractivity (Wildman–Crippen MR) is 79.3 cm³/mol. The third-order valence-electron chi connectivity index (χ3n) is 3.92. The molecule has 1 saturated carbocycles. The fraction of sp³-hybridized carbons (Fsp3) is 0.625. The van der Waals surface area contributed by atoms with Gasteiger partial charge in [0.05, 0.1) is 0 Å². The predicted octanol–water partition coefficient (Wildman–Crippen LogP) is 2.65.